The van der Waals surface area contributed by atoms with Crippen LogP contribution < -0.4 is 4.74 Å². The molecule has 0 amide bonds. The highest BCUT2D eigenvalue weighted by Gasteiger charge is 2.29. The van der Waals surface area contributed by atoms with Gasteiger partial charge in [0, 0.05) is 32.7 Å². The molecule has 1 aromatic carbocycles. The maximum Gasteiger partial charge on any atom is 0.243 e. The van der Waals surface area contributed by atoms with Crippen LogP contribution in [0.25, 0.3) is 0 Å². The molecule has 122 valence electrons. The second-order valence-corrected chi connectivity index (χ2v) is 7.49. The van der Waals surface area contributed by atoms with Gasteiger partial charge in [-0.25, -0.2) is 8.42 Å². The summed E-state index contributed by atoms with van der Waals surface area (Å²) >= 11 is 0. The number of nitrogens with zero attached hydrogens (tertiary/aromatic N) is 2. The lowest BCUT2D eigenvalue weighted by molar-refractivity contribution is 0.204. The summed E-state index contributed by atoms with van der Waals surface area (Å²) in [6.45, 7) is 10.7. The summed E-state index contributed by atoms with van der Waals surface area (Å²) in [4.78, 5) is 2.58. The Morgan fingerprint density at radius 2 is 1.82 bits per heavy atom. The van der Waals surface area contributed by atoms with E-state index in [0.29, 0.717) is 23.7 Å². The van der Waals surface area contributed by atoms with E-state index in [-0.39, 0.29) is 0 Å². The third-order valence-corrected chi connectivity index (χ3v) is 6.07. The number of ether oxygens (including phenoxy) is 1. The van der Waals surface area contributed by atoms with Gasteiger partial charge in [0.1, 0.15) is 5.75 Å². The van der Waals surface area contributed by atoms with E-state index in [4.69, 9.17) is 4.74 Å². The minimum absolute atomic E-state index is 0.378. The minimum atomic E-state index is -3.45. The van der Waals surface area contributed by atoms with Gasteiger partial charge in [0.25, 0.3) is 0 Å². The highest BCUT2D eigenvalue weighted by Crippen LogP contribution is 2.28. The molecule has 1 heterocycles. The van der Waals surface area contributed by atoms with E-state index in [1.807, 2.05) is 19.9 Å². The molecule has 0 saturated carbocycles. The van der Waals surface area contributed by atoms with Crippen molar-refractivity contribution in [2.45, 2.75) is 18.7 Å². The highest BCUT2D eigenvalue weighted by atomic mass is 32.2. The van der Waals surface area contributed by atoms with Gasteiger partial charge in [0.05, 0.1) is 12.0 Å². The molecule has 2 rings (SSSR count). The number of hydrogen-bond acceptors (Lipinski definition) is 4. The van der Waals surface area contributed by atoms with Crippen LogP contribution in [0, 0.1) is 13.8 Å². The zero-order chi connectivity index (χ0) is 16.3. The lowest BCUT2D eigenvalue weighted by atomic mass is 10.1. The first kappa shape index (κ1) is 17.0. The maximum atomic E-state index is 12.9. The van der Waals surface area contributed by atoms with Gasteiger partial charge in [-0.3, -0.25) is 4.90 Å². The first-order valence-corrected chi connectivity index (χ1v) is 8.82. The molecule has 0 aromatic heterocycles. The van der Waals surface area contributed by atoms with Crippen molar-refractivity contribution >= 4 is 10.0 Å². The molecule has 0 bridgehead atoms. The van der Waals surface area contributed by atoms with E-state index in [1.54, 1.807) is 23.5 Å². The Morgan fingerprint density at radius 3 is 2.36 bits per heavy atom. The van der Waals surface area contributed by atoms with Crippen molar-refractivity contribution in [1.29, 1.82) is 0 Å². The first-order chi connectivity index (χ1) is 10.4. The zero-order valence-electron chi connectivity index (χ0n) is 13.5. The van der Waals surface area contributed by atoms with Crippen LogP contribution in [-0.2, 0) is 10.0 Å². The van der Waals surface area contributed by atoms with Crippen LogP contribution in [0.3, 0.4) is 0 Å². The average molecular weight is 324 g/mol. The third kappa shape index (κ3) is 3.34. The van der Waals surface area contributed by atoms with Crippen molar-refractivity contribution in [3.8, 4) is 5.75 Å². The molecule has 1 fully saturated rings. The minimum Gasteiger partial charge on any atom is -0.496 e. The van der Waals surface area contributed by atoms with Gasteiger partial charge < -0.3 is 4.74 Å². The number of piperazine rings is 1. The number of aryl methyl sites for hydroxylation is 2. The van der Waals surface area contributed by atoms with Crippen LogP contribution in [0.2, 0.25) is 0 Å². The van der Waals surface area contributed by atoms with E-state index >= 15 is 0 Å². The lowest BCUT2D eigenvalue weighted by Gasteiger charge is -2.33. The predicted octanol–water partition coefficient (Wildman–Crippen LogP) is 1.80. The van der Waals surface area contributed by atoms with Gasteiger partial charge in [-0.2, -0.15) is 4.31 Å². The second-order valence-electron chi connectivity index (χ2n) is 5.58. The van der Waals surface area contributed by atoms with Crippen LogP contribution in [0.1, 0.15) is 11.1 Å². The molecular formula is C16H24N2O3S. The van der Waals surface area contributed by atoms with E-state index in [9.17, 15) is 8.42 Å². The van der Waals surface area contributed by atoms with Crippen LogP contribution in [0.4, 0.5) is 0 Å². The van der Waals surface area contributed by atoms with Crippen molar-refractivity contribution in [3.05, 3.63) is 35.9 Å². The fraction of sp³-hybridized carbons (Fsp3) is 0.500. The topological polar surface area (TPSA) is 49.9 Å². The van der Waals surface area contributed by atoms with Crippen molar-refractivity contribution < 1.29 is 13.2 Å². The van der Waals surface area contributed by atoms with E-state index in [2.05, 4.69) is 11.5 Å². The van der Waals surface area contributed by atoms with Crippen LogP contribution in [-0.4, -0.2) is 57.5 Å². The number of hydrogen-bond donors (Lipinski definition) is 0. The average Bonchev–Trinajstić information content (AvgIpc) is 2.50. The SMILES string of the molecule is C=CCN1CCN(S(=O)(=O)c2cc(C)c(OC)cc2C)CC1. The normalized spacial score (nSPS) is 17.4. The summed E-state index contributed by atoms with van der Waals surface area (Å²) in [5, 5.41) is 0. The van der Waals surface area contributed by atoms with Crippen LogP contribution >= 0.6 is 0 Å². The molecule has 0 N–H and O–H groups in total. The van der Waals surface area contributed by atoms with Crippen molar-refractivity contribution in [2.24, 2.45) is 0 Å². The Kier molecular flexibility index (Phi) is 5.26. The molecule has 1 saturated heterocycles. The third-order valence-electron chi connectivity index (χ3n) is 4.03. The summed E-state index contributed by atoms with van der Waals surface area (Å²) in [6.07, 6.45) is 1.85. The lowest BCUT2D eigenvalue weighted by Crippen LogP contribution is -2.48. The summed E-state index contributed by atoms with van der Waals surface area (Å²) in [5.74, 6) is 0.715. The Bertz CT molecular complexity index is 648. The van der Waals surface area contributed by atoms with Crippen molar-refractivity contribution in [2.75, 3.05) is 39.8 Å². The largest absolute Gasteiger partial charge is 0.496 e. The quantitative estimate of drug-likeness (QED) is 0.775. The van der Waals surface area contributed by atoms with Crippen molar-refractivity contribution in [3.63, 3.8) is 0 Å². The number of benzene rings is 1. The van der Waals surface area contributed by atoms with Gasteiger partial charge in [-0.15, -0.1) is 6.58 Å². The first-order valence-electron chi connectivity index (χ1n) is 7.38. The predicted molar refractivity (Wildman–Crippen MR) is 87.9 cm³/mol. The summed E-state index contributed by atoms with van der Waals surface area (Å²) in [6, 6.07) is 3.50. The molecule has 0 spiro atoms. The van der Waals surface area contributed by atoms with Crippen LogP contribution in [0.5, 0.6) is 5.75 Å². The summed E-state index contributed by atoms with van der Waals surface area (Å²) < 4.78 is 32.6. The van der Waals surface area contributed by atoms with E-state index in [0.717, 1.165) is 30.8 Å². The van der Waals surface area contributed by atoms with Crippen molar-refractivity contribution in [1.82, 2.24) is 9.21 Å². The molecule has 1 aliphatic rings. The Hall–Kier alpha value is -1.37. The second kappa shape index (κ2) is 6.81. The molecule has 0 atom stereocenters. The Morgan fingerprint density at radius 1 is 1.18 bits per heavy atom. The summed E-state index contributed by atoms with van der Waals surface area (Å²) in [7, 11) is -1.86. The van der Waals surface area contributed by atoms with Gasteiger partial charge >= 0.3 is 0 Å². The van der Waals surface area contributed by atoms with Gasteiger partial charge in [0.2, 0.25) is 10.0 Å². The fourth-order valence-electron chi connectivity index (χ4n) is 2.74. The molecule has 22 heavy (non-hydrogen) atoms. The molecule has 0 unspecified atom stereocenters. The highest BCUT2D eigenvalue weighted by molar-refractivity contribution is 7.89. The zero-order valence-corrected chi connectivity index (χ0v) is 14.3. The molecule has 6 heteroatoms. The molecule has 0 radical (unpaired) electrons. The molecular weight excluding hydrogens is 300 g/mol. The molecule has 0 aliphatic carbocycles. The van der Waals surface area contributed by atoms with E-state index in [1.165, 1.54) is 0 Å². The Balaban J connectivity index is 2.25. The fourth-order valence-corrected chi connectivity index (χ4v) is 4.45. The molecule has 5 nitrogen and oxygen atoms in total. The van der Waals surface area contributed by atoms with Crippen LogP contribution in [0.15, 0.2) is 29.7 Å². The molecule has 1 aliphatic heterocycles. The smallest absolute Gasteiger partial charge is 0.243 e. The number of methoxy groups -OCH3 is 1. The Labute approximate surface area is 133 Å². The molecule has 1 aromatic rings. The van der Waals surface area contributed by atoms with Gasteiger partial charge in [-0.1, -0.05) is 6.08 Å². The monoisotopic (exact) mass is 324 g/mol. The number of sulfonamides is 1. The standard InChI is InChI=1S/C16H24N2O3S/c1-5-6-17-7-9-18(10-8-17)22(19,20)16-12-13(2)15(21-4)11-14(16)3/h5,11-12H,1,6-10H2,2-4H3. The number of rotatable bonds is 5. The van der Waals surface area contributed by atoms with Gasteiger partial charge in [-0.05, 0) is 37.1 Å². The maximum absolute atomic E-state index is 12.9. The summed E-state index contributed by atoms with van der Waals surface area (Å²) in [5.41, 5.74) is 1.55. The van der Waals surface area contributed by atoms with E-state index < -0.39 is 10.0 Å². The van der Waals surface area contributed by atoms with Gasteiger partial charge in [0.15, 0.2) is 0 Å².